The fraction of sp³-hybridized carbons (Fsp3) is 0.660. The van der Waals surface area contributed by atoms with Crippen LogP contribution in [0.3, 0.4) is 0 Å². The predicted octanol–water partition coefficient (Wildman–Crippen LogP) is 11.6. The highest BCUT2D eigenvalue weighted by Gasteiger charge is 2.48. The van der Waals surface area contributed by atoms with E-state index in [9.17, 15) is 25.6 Å². The van der Waals surface area contributed by atoms with Crippen molar-refractivity contribution < 1.29 is 35.1 Å². The standard InChI is InChI=1S/C24H35FO3S.C23H33FO3S/c1-23(2,3)12-6-4-5-7-15-29(26,27)18-24(13-14-24)20-10-11-21(25)22(16-20)28-17-19-8-9-19;1-22(2,3)11-5-4-6-14-28(25,26)17-23(12-13-23)19-9-10-20(24)21(15-19)27-16-18-7-8-18/h4,6,10-11,16,19H,5,7-9,12-15,17-18H2,1-3H3;6,9-10,14-15,18H,4-5,7-8,11-13,16-17H2,1-3H3/b6-4+;14-6+. The summed E-state index contributed by atoms with van der Waals surface area (Å²) in [5.74, 6) is 1.32. The summed E-state index contributed by atoms with van der Waals surface area (Å²) in [4.78, 5) is 0. The lowest BCUT2D eigenvalue weighted by Crippen LogP contribution is -2.23. The smallest absolute Gasteiger partial charge is 0.172 e. The SMILES string of the molecule is CC(C)(C)C/C=C/CCCS(=O)(=O)CC1(c2ccc(F)c(OCC3CC3)c2)CC1.CC(C)(C)CCC/C=C/S(=O)(=O)CC1(c2ccc(F)c(OCC3CC3)c2)CC1. The Bertz CT molecular complexity index is 1920. The molecule has 10 heteroatoms. The number of hydrogen-bond acceptors (Lipinski definition) is 6. The number of rotatable bonds is 21. The van der Waals surface area contributed by atoms with Gasteiger partial charge in [0.15, 0.2) is 42.8 Å². The van der Waals surface area contributed by atoms with Gasteiger partial charge < -0.3 is 9.47 Å². The summed E-state index contributed by atoms with van der Waals surface area (Å²) in [7, 11) is -6.44. The molecule has 57 heavy (non-hydrogen) atoms. The van der Waals surface area contributed by atoms with Crippen LogP contribution in [0, 0.1) is 34.3 Å². The van der Waals surface area contributed by atoms with Gasteiger partial charge in [0, 0.05) is 16.2 Å². The number of allylic oxidation sites excluding steroid dienone is 3. The molecule has 0 aliphatic heterocycles. The minimum absolute atomic E-state index is 0.0868. The first-order valence-electron chi connectivity index (χ1n) is 21.3. The molecule has 0 bridgehead atoms. The highest BCUT2D eigenvalue weighted by molar-refractivity contribution is 7.94. The van der Waals surface area contributed by atoms with Gasteiger partial charge in [-0.2, -0.15) is 0 Å². The summed E-state index contributed by atoms with van der Waals surface area (Å²) >= 11 is 0. The minimum Gasteiger partial charge on any atom is -0.490 e. The van der Waals surface area contributed by atoms with Crippen LogP contribution in [0.4, 0.5) is 8.78 Å². The molecule has 4 fully saturated rings. The van der Waals surface area contributed by atoms with Gasteiger partial charge in [0.1, 0.15) is 0 Å². The molecule has 2 aromatic rings. The van der Waals surface area contributed by atoms with E-state index in [0.29, 0.717) is 31.5 Å². The van der Waals surface area contributed by atoms with Crippen LogP contribution in [0.25, 0.3) is 0 Å². The van der Waals surface area contributed by atoms with E-state index in [1.165, 1.54) is 17.5 Å². The molecule has 0 N–H and O–H groups in total. The fourth-order valence-electron chi connectivity index (χ4n) is 7.07. The number of sulfone groups is 2. The van der Waals surface area contributed by atoms with Gasteiger partial charge in [-0.05, 0) is 148 Å². The van der Waals surface area contributed by atoms with Crippen molar-refractivity contribution in [2.24, 2.45) is 22.7 Å². The number of unbranched alkanes of at least 4 members (excludes halogenated alkanes) is 2. The van der Waals surface area contributed by atoms with Crippen molar-refractivity contribution in [3.63, 3.8) is 0 Å². The Kier molecular flexibility index (Phi) is 14.9. The summed E-state index contributed by atoms with van der Waals surface area (Å²) in [6, 6.07) is 9.73. The van der Waals surface area contributed by atoms with E-state index in [1.54, 1.807) is 30.3 Å². The average molecular weight is 831 g/mol. The summed E-state index contributed by atoms with van der Waals surface area (Å²) in [6.45, 7) is 14.2. The lowest BCUT2D eigenvalue weighted by atomic mass is 9.90. The molecule has 4 saturated carbocycles. The Morgan fingerprint density at radius 2 is 1.16 bits per heavy atom. The quantitative estimate of drug-likeness (QED) is 0.0920. The molecule has 6 rings (SSSR count). The predicted molar refractivity (Wildman–Crippen MR) is 228 cm³/mol. The van der Waals surface area contributed by atoms with E-state index < -0.39 is 19.7 Å². The van der Waals surface area contributed by atoms with Gasteiger partial charge in [0.25, 0.3) is 0 Å². The Hall–Kier alpha value is -2.72. The highest BCUT2D eigenvalue weighted by atomic mass is 32.2. The molecule has 2 aromatic carbocycles. The first-order chi connectivity index (χ1) is 26.7. The van der Waals surface area contributed by atoms with Crippen molar-refractivity contribution in [3.8, 4) is 11.5 Å². The third-order valence-electron chi connectivity index (χ3n) is 11.4. The van der Waals surface area contributed by atoms with Crippen molar-refractivity contribution in [2.45, 2.75) is 142 Å². The summed E-state index contributed by atoms with van der Waals surface area (Å²) in [6.07, 6.45) is 19.2. The number of halogens is 2. The van der Waals surface area contributed by atoms with Gasteiger partial charge in [0.05, 0.1) is 30.5 Å². The molecular weight excluding hydrogens is 763 g/mol. The molecule has 0 amide bonds. The second-order valence-corrected chi connectivity index (χ2v) is 24.0. The molecule has 4 aliphatic rings. The Labute approximate surface area is 343 Å². The van der Waals surface area contributed by atoms with E-state index in [2.05, 4.69) is 53.7 Å². The molecule has 0 spiro atoms. The first-order valence-corrected chi connectivity index (χ1v) is 24.8. The second kappa shape index (κ2) is 18.7. The zero-order valence-electron chi connectivity index (χ0n) is 35.4. The van der Waals surface area contributed by atoms with E-state index in [4.69, 9.17) is 9.47 Å². The number of hydrogen-bond donors (Lipinski definition) is 0. The van der Waals surface area contributed by atoms with Crippen molar-refractivity contribution in [3.05, 3.63) is 82.8 Å². The van der Waals surface area contributed by atoms with Crippen LogP contribution in [0.1, 0.15) is 143 Å². The molecule has 6 nitrogen and oxygen atoms in total. The zero-order chi connectivity index (χ0) is 41.5. The average Bonchev–Trinajstić information content (AvgIpc) is 3.89. The lowest BCUT2D eigenvalue weighted by molar-refractivity contribution is 0.285. The maximum Gasteiger partial charge on any atom is 0.172 e. The second-order valence-electron chi connectivity index (χ2n) is 20.0. The number of ether oxygens (including phenoxy) is 2. The maximum absolute atomic E-state index is 14.1. The van der Waals surface area contributed by atoms with E-state index in [-0.39, 0.29) is 62.1 Å². The van der Waals surface area contributed by atoms with Gasteiger partial charge in [-0.3, -0.25) is 0 Å². The summed E-state index contributed by atoms with van der Waals surface area (Å²) in [5, 5.41) is 1.38. The zero-order valence-corrected chi connectivity index (χ0v) is 37.0. The highest BCUT2D eigenvalue weighted by Crippen LogP contribution is 2.51. The van der Waals surface area contributed by atoms with Crippen LogP contribution in [-0.2, 0) is 30.5 Å². The fourth-order valence-corrected chi connectivity index (χ4v) is 10.9. The summed E-state index contributed by atoms with van der Waals surface area (Å²) < 4.78 is 90.0. The van der Waals surface area contributed by atoms with Crippen molar-refractivity contribution >= 4 is 19.7 Å². The van der Waals surface area contributed by atoms with Crippen LogP contribution < -0.4 is 9.47 Å². The van der Waals surface area contributed by atoms with Crippen LogP contribution in [0.2, 0.25) is 0 Å². The van der Waals surface area contributed by atoms with Gasteiger partial charge in [-0.1, -0.05) is 71.9 Å². The maximum atomic E-state index is 14.1. The topological polar surface area (TPSA) is 86.7 Å². The molecule has 4 aliphatic carbocycles. The minimum atomic E-state index is -3.29. The summed E-state index contributed by atoms with van der Waals surface area (Å²) in [5.41, 5.74) is 1.57. The van der Waals surface area contributed by atoms with E-state index >= 15 is 0 Å². The van der Waals surface area contributed by atoms with Gasteiger partial charge >= 0.3 is 0 Å². The van der Waals surface area contributed by atoms with Gasteiger partial charge in [-0.25, -0.2) is 25.6 Å². The van der Waals surface area contributed by atoms with E-state index in [1.807, 2.05) is 0 Å². The monoisotopic (exact) mass is 830 g/mol. The molecule has 0 unspecified atom stereocenters. The Morgan fingerprint density at radius 1 is 0.667 bits per heavy atom. The van der Waals surface area contributed by atoms with E-state index in [0.717, 1.165) is 94.6 Å². The number of benzene rings is 2. The molecule has 0 heterocycles. The molecule has 0 aromatic heterocycles. The normalized spacial score (nSPS) is 19.0. The molecular formula is C47H68F2O6S2. The largest absolute Gasteiger partial charge is 0.490 e. The third kappa shape index (κ3) is 15.8. The molecule has 0 saturated heterocycles. The Balaban J connectivity index is 0.000000218. The van der Waals surface area contributed by atoms with Gasteiger partial charge in [-0.15, -0.1) is 0 Å². The third-order valence-corrected chi connectivity index (χ3v) is 14.9. The lowest BCUT2D eigenvalue weighted by Gasteiger charge is -2.18. The van der Waals surface area contributed by atoms with Crippen molar-refractivity contribution in [2.75, 3.05) is 30.5 Å². The first kappa shape index (κ1) is 45.4. The van der Waals surface area contributed by atoms with Crippen molar-refractivity contribution in [1.29, 1.82) is 0 Å². The Morgan fingerprint density at radius 3 is 1.61 bits per heavy atom. The molecule has 0 atom stereocenters. The van der Waals surface area contributed by atoms with Crippen LogP contribution in [-0.4, -0.2) is 47.3 Å². The molecule has 318 valence electrons. The van der Waals surface area contributed by atoms with Crippen LogP contribution >= 0.6 is 0 Å². The van der Waals surface area contributed by atoms with Crippen LogP contribution in [0.15, 0.2) is 60.0 Å². The van der Waals surface area contributed by atoms with Crippen molar-refractivity contribution in [1.82, 2.24) is 0 Å². The van der Waals surface area contributed by atoms with Crippen LogP contribution in [0.5, 0.6) is 11.5 Å². The molecule has 0 radical (unpaired) electrons. The van der Waals surface area contributed by atoms with Gasteiger partial charge in [0.2, 0.25) is 0 Å².